The first-order valence-electron chi connectivity index (χ1n) is 4.14. The Balaban J connectivity index is 2.61. The van der Waals surface area contributed by atoms with Crippen molar-refractivity contribution >= 4 is 33.8 Å². The lowest BCUT2D eigenvalue weighted by Gasteiger charge is -2.00. The largest absolute Gasteiger partial charge is 0.272 e. The number of nitrogens with one attached hydrogen (secondary N) is 1. The number of pyridine rings is 1. The second kappa shape index (κ2) is 6.47. The minimum absolute atomic E-state index is 0.247. The molecule has 0 aliphatic carbocycles. The van der Waals surface area contributed by atoms with Crippen molar-refractivity contribution in [1.82, 2.24) is 10.4 Å². The third-order valence-corrected chi connectivity index (χ3v) is 3.40. The van der Waals surface area contributed by atoms with Gasteiger partial charge in [0.05, 0.1) is 5.56 Å². The van der Waals surface area contributed by atoms with Crippen LogP contribution in [-0.2, 0) is 0 Å². The quantitative estimate of drug-likeness (QED) is 0.487. The summed E-state index contributed by atoms with van der Waals surface area (Å²) in [5, 5.41) is 3.95. The van der Waals surface area contributed by atoms with Gasteiger partial charge in [0.15, 0.2) is 0 Å². The van der Waals surface area contributed by atoms with Gasteiger partial charge >= 0.3 is 0 Å². The van der Waals surface area contributed by atoms with Crippen LogP contribution in [0.5, 0.6) is 0 Å². The second-order valence-corrected chi connectivity index (χ2v) is 4.32. The topological polar surface area (TPSA) is 54.4 Å². The zero-order chi connectivity index (χ0) is 11.1. The smallest absolute Gasteiger partial charge is 0.267 e. The van der Waals surface area contributed by atoms with Crippen LogP contribution in [0.2, 0.25) is 0 Å². The summed E-state index contributed by atoms with van der Waals surface area (Å²) in [7, 11) is 0. The summed E-state index contributed by atoms with van der Waals surface area (Å²) >= 11 is 2.98. The van der Waals surface area contributed by atoms with E-state index in [-0.39, 0.29) is 5.91 Å². The molecule has 0 bridgehead atoms. The van der Waals surface area contributed by atoms with E-state index in [1.807, 2.05) is 12.5 Å². The molecule has 1 heterocycles. The van der Waals surface area contributed by atoms with Crippen molar-refractivity contribution in [2.24, 2.45) is 5.10 Å². The molecule has 0 atom stereocenters. The highest BCUT2D eigenvalue weighted by Crippen LogP contribution is 2.09. The van der Waals surface area contributed by atoms with E-state index in [9.17, 15) is 4.79 Å². The number of carbonyl (C=O) groups excluding carboxylic acids is 1. The zero-order valence-electron chi connectivity index (χ0n) is 8.43. The molecule has 15 heavy (non-hydrogen) atoms. The van der Waals surface area contributed by atoms with Gasteiger partial charge in [-0.25, -0.2) is 5.43 Å². The van der Waals surface area contributed by atoms with Crippen LogP contribution in [0.25, 0.3) is 0 Å². The van der Waals surface area contributed by atoms with E-state index in [0.29, 0.717) is 5.56 Å². The lowest BCUT2D eigenvalue weighted by molar-refractivity contribution is 0.0955. The van der Waals surface area contributed by atoms with Gasteiger partial charge in [0, 0.05) is 12.4 Å². The molecule has 1 N–H and O–H groups in total. The number of carbonyl (C=O) groups is 1. The normalized spacial score (nSPS) is 9.47. The first-order chi connectivity index (χ1) is 7.27. The van der Waals surface area contributed by atoms with Crippen LogP contribution in [0.1, 0.15) is 10.4 Å². The van der Waals surface area contributed by atoms with Crippen molar-refractivity contribution in [3.63, 3.8) is 0 Å². The number of hydrazone groups is 1. The Labute approximate surface area is 96.9 Å². The van der Waals surface area contributed by atoms with Crippen LogP contribution in [0.15, 0.2) is 29.6 Å². The molecule has 1 aromatic heterocycles. The highest BCUT2D eigenvalue weighted by molar-refractivity contribution is 8.38. The number of thioether (sulfide) groups is 2. The third kappa shape index (κ3) is 3.93. The third-order valence-electron chi connectivity index (χ3n) is 1.52. The first-order valence-corrected chi connectivity index (χ1v) is 6.59. The van der Waals surface area contributed by atoms with Gasteiger partial charge in [-0.2, -0.15) is 5.10 Å². The number of amides is 1. The fraction of sp³-hybridized carbons (Fsp3) is 0.222. The summed E-state index contributed by atoms with van der Waals surface area (Å²) < 4.78 is 0.812. The molecule has 0 unspecified atom stereocenters. The Morgan fingerprint density at radius 2 is 2.20 bits per heavy atom. The molecular weight excluding hydrogens is 230 g/mol. The summed E-state index contributed by atoms with van der Waals surface area (Å²) in [4.78, 5) is 15.4. The highest BCUT2D eigenvalue weighted by atomic mass is 32.2. The van der Waals surface area contributed by atoms with Crippen molar-refractivity contribution < 1.29 is 4.79 Å². The van der Waals surface area contributed by atoms with E-state index < -0.39 is 0 Å². The zero-order valence-corrected chi connectivity index (χ0v) is 10.1. The molecule has 0 saturated heterocycles. The van der Waals surface area contributed by atoms with Crippen LogP contribution in [0, 0.1) is 0 Å². The Morgan fingerprint density at radius 1 is 1.47 bits per heavy atom. The van der Waals surface area contributed by atoms with Crippen LogP contribution in [0.4, 0.5) is 0 Å². The molecule has 1 aromatic rings. The molecule has 0 aromatic carbocycles. The first kappa shape index (κ1) is 12.1. The van der Waals surface area contributed by atoms with Crippen LogP contribution in [-0.4, -0.2) is 27.8 Å². The number of nitrogens with zero attached hydrogens (tertiary/aromatic N) is 2. The summed E-state index contributed by atoms with van der Waals surface area (Å²) in [5.74, 6) is -0.247. The maximum Gasteiger partial charge on any atom is 0.272 e. The highest BCUT2D eigenvalue weighted by Gasteiger charge is 2.03. The number of hydrogen-bond acceptors (Lipinski definition) is 5. The standard InChI is InChI=1S/C9H11N3OS2/c1-14-9(15-2)12-11-8(13)7-4-3-5-10-6-7/h3-6H,1-2H3,(H,11,13). The fourth-order valence-corrected chi connectivity index (χ4v) is 1.77. The molecule has 6 heteroatoms. The van der Waals surface area contributed by atoms with Crippen LogP contribution < -0.4 is 5.43 Å². The van der Waals surface area contributed by atoms with Crippen LogP contribution in [0.3, 0.4) is 0 Å². The van der Waals surface area contributed by atoms with Gasteiger partial charge in [0.2, 0.25) is 0 Å². The summed E-state index contributed by atoms with van der Waals surface area (Å²) in [6.07, 6.45) is 6.94. The Kier molecular flexibility index (Phi) is 5.20. The summed E-state index contributed by atoms with van der Waals surface area (Å²) in [6, 6.07) is 3.40. The second-order valence-electron chi connectivity index (χ2n) is 2.47. The number of hydrogen-bond donors (Lipinski definition) is 1. The maximum absolute atomic E-state index is 11.5. The predicted molar refractivity (Wildman–Crippen MR) is 66.2 cm³/mol. The molecule has 0 spiro atoms. The molecule has 1 amide bonds. The van der Waals surface area contributed by atoms with Gasteiger partial charge in [-0.3, -0.25) is 9.78 Å². The molecular formula is C9H11N3OS2. The number of rotatable bonds is 2. The fourth-order valence-electron chi connectivity index (χ4n) is 0.833. The maximum atomic E-state index is 11.5. The van der Waals surface area contributed by atoms with Gasteiger partial charge in [0.1, 0.15) is 4.38 Å². The molecule has 0 saturated carbocycles. The van der Waals surface area contributed by atoms with E-state index in [0.717, 1.165) is 4.38 Å². The SMILES string of the molecule is CSC(=NNC(=O)c1cccnc1)SC. The molecule has 0 aliphatic heterocycles. The lowest BCUT2D eigenvalue weighted by atomic mass is 10.3. The van der Waals surface area contributed by atoms with E-state index in [2.05, 4.69) is 15.5 Å². The van der Waals surface area contributed by atoms with E-state index in [1.54, 1.807) is 18.3 Å². The van der Waals surface area contributed by atoms with Crippen molar-refractivity contribution in [1.29, 1.82) is 0 Å². The van der Waals surface area contributed by atoms with Gasteiger partial charge in [-0.15, -0.1) is 23.5 Å². The van der Waals surface area contributed by atoms with Crippen molar-refractivity contribution in [2.45, 2.75) is 0 Å². The lowest BCUT2D eigenvalue weighted by Crippen LogP contribution is -2.18. The van der Waals surface area contributed by atoms with Gasteiger partial charge in [-0.1, -0.05) is 0 Å². The van der Waals surface area contributed by atoms with Crippen molar-refractivity contribution in [3.8, 4) is 0 Å². The Bertz CT molecular complexity index is 348. The molecule has 0 radical (unpaired) electrons. The van der Waals surface area contributed by atoms with E-state index in [4.69, 9.17) is 0 Å². The van der Waals surface area contributed by atoms with Gasteiger partial charge < -0.3 is 0 Å². The molecule has 80 valence electrons. The Morgan fingerprint density at radius 3 is 2.73 bits per heavy atom. The van der Waals surface area contributed by atoms with E-state index >= 15 is 0 Å². The minimum atomic E-state index is -0.247. The molecule has 4 nitrogen and oxygen atoms in total. The van der Waals surface area contributed by atoms with Gasteiger partial charge in [0.25, 0.3) is 5.91 Å². The van der Waals surface area contributed by atoms with Crippen LogP contribution >= 0.6 is 23.5 Å². The monoisotopic (exact) mass is 241 g/mol. The average molecular weight is 241 g/mol. The number of aromatic nitrogens is 1. The van der Waals surface area contributed by atoms with E-state index in [1.165, 1.54) is 29.7 Å². The molecule has 1 rings (SSSR count). The molecule has 0 aliphatic rings. The summed E-state index contributed by atoms with van der Waals surface area (Å²) in [5.41, 5.74) is 2.97. The predicted octanol–water partition coefficient (Wildman–Crippen LogP) is 1.81. The minimum Gasteiger partial charge on any atom is -0.267 e. The summed E-state index contributed by atoms with van der Waals surface area (Å²) in [6.45, 7) is 0. The van der Waals surface area contributed by atoms with Gasteiger partial charge in [-0.05, 0) is 24.6 Å². The van der Waals surface area contributed by atoms with Crippen molar-refractivity contribution in [3.05, 3.63) is 30.1 Å². The van der Waals surface area contributed by atoms with Crippen molar-refractivity contribution in [2.75, 3.05) is 12.5 Å². The molecule has 0 fully saturated rings. The average Bonchev–Trinajstić information content (AvgIpc) is 2.31. The Hall–Kier alpha value is -1.01.